The fourth-order valence-electron chi connectivity index (χ4n) is 4.10. The highest BCUT2D eigenvalue weighted by Gasteiger charge is 2.37. The first-order chi connectivity index (χ1) is 16.6. The molecule has 1 N–H and O–H groups in total. The predicted molar refractivity (Wildman–Crippen MR) is 128 cm³/mol. The third kappa shape index (κ3) is 3.49. The van der Waals surface area contributed by atoms with Gasteiger partial charge in [-0.3, -0.25) is 4.90 Å². The van der Waals surface area contributed by atoms with E-state index in [-0.39, 0.29) is 12.8 Å². The van der Waals surface area contributed by atoms with Crippen LogP contribution in [0.25, 0.3) is 16.3 Å². The molecule has 10 heteroatoms. The monoisotopic (exact) mass is 492 g/mol. The van der Waals surface area contributed by atoms with Crippen molar-refractivity contribution in [2.45, 2.75) is 13.0 Å². The van der Waals surface area contributed by atoms with Crippen molar-refractivity contribution in [3.8, 4) is 22.2 Å². The quantitative estimate of drug-likeness (QED) is 0.382. The summed E-state index contributed by atoms with van der Waals surface area (Å²) in [5.41, 5.74) is 2.82. The molecule has 8 nitrogen and oxygen atoms in total. The average molecular weight is 493 g/mol. The Balaban J connectivity index is 1.49. The van der Waals surface area contributed by atoms with E-state index in [0.29, 0.717) is 45.2 Å². The van der Waals surface area contributed by atoms with Gasteiger partial charge in [0.05, 0.1) is 22.2 Å². The average Bonchev–Trinajstić information content (AvgIpc) is 3.60. The molecule has 34 heavy (non-hydrogen) atoms. The smallest absolute Gasteiger partial charge is 0.327 e. The molecule has 2 aliphatic rings. The van der Waals surface area contributed by atoms with E-state index in [0.717, 1.165) is 10.4 Å². The van der Waals surface area contributed by atoms with Gasteiger partial charge >= 0.3 is 6.03 Å². The minimum absolute atomic E-state index is 0.150. The molecule has 0 aliphatic carbocycles. The lowest BCUT2D eigenvalue weighted by molar-refractivity contribution is 0.174. The van der Waals surface area contributed by atoms with Crippen molar-refractivity contribution < 1.29 is 18.8 Å². The summed E-state index contributed by atoms with van der Waals surface area (Å²) in [5.74, 6) is 2.04. The Kier molecular flexibility index (Phi) is 5.00. The molecule has 0 saturated carbocycles. The summed E-state index contributed by atoms with van der Waals surface area (Å²) in [7, 11) is 0. The van der Waals surface area contributed by atoms with Gasteiger partial charge in [-0.1, -0.05) is 35.0 Å². The Morgan fingerprint density at radius 3 is 2.74 bits per heavy atom. The van der Waals surface area contributed by atoms with Crippen LogP contribution in [0.5, 0.6) is 11.5 Å². The van der Waals surface area contributed by atoms with Gasteiger partial charge in [-0.25, -0.2) is 4.79 Å². The lowest BCUT2D eigenvalue weighted by atomic mass is 9.94. The highest BCUT2D eigenvalue weighted by Crippen LogP contribution is 2.42. The lowest BCUT2D eigenvalue weighted by Crippen LogP contribution is -2.46. The minimum atomic E-state index is -0.508. The second-order valence-electron chi connectivity index (χ2n) is 7.71. The largest absolute Gasteiger partial charge is 0.454 e. The van der Waals surface area contributed by atoms with Crippen LogP contribution in [0.3, 0.4) is 0 Å². The van der Waals surface area contributed by atoms with Crippen LogP contribution in [-0.4, -0.2) is 23.0 Å². The van der Waals surface area contributed by atoms with Crippen molar-refractivity contribution in [2.24, 2.45) is 0 Å². The molecule has 1 unspecified atom stereocenters. The third-order valence-electron chi connectivity index (χ3n) is 5.70. The maximum absolute atomic E-state index is 13.3. The van der Waals surface area contributed by atoms with Gasteiger partial charge < -0.3 is 19.3 Å². The number of rotatable bonds is 4. The van der Waals surface area contributed by atoms with Gasteiger partial charge in [0.15, 0.2) is 11.5 Å². The first-order valence-electron chi connectivity index (χ1n) is 10.4. The van der Waals surface area contributed by atoms with Gasteiger partial charge in [0.25, 0.3) is 5.89 Å². The maximum atomic E-state index is 13.3. The molecule has 2 aromatic carbocycles. The standard InChI is InChI=1S/C24H17ClN4O4S/c1-13-20(23-27-22(28-33-23)19-3-2-10-34-19)21(14-4-6-15(25)7-5-14)26-24(30)29(13)16-8-9-17-18(11-16)32-12-31-17/h2-11,21H,12H2,1H3,(H,26,30). The number of urea groups is 1. The molecule has 2 amide bonds. The second-order valence-corrected chi connectivity index (χ2v) is 9.09. The fourth-order valence-corrected chi connectivity index (χ4v) is 4.87. The first kappa shape index (κ1) is 20.8. The van der Waals surface area contributed by atoms with E-state index in [1.165, 1.54) is 11.3 Å². The number of aromatic nitrogens is 2. The number of anilines is 1. The zero-order chi connectivity index (χ0) is 23.2. The molecule has 170 valence electrons. The number of carbonyl (C=O) groups excluding carboxylic acids is 1. The van der Waals surface area contributed by atoms with Crippen molar-refractivity contribution in [2.75, 3.05) is 11.7 Å². The Bertz CT molecular complexity index is 1420. The van der Waals surface area contributed by atoms with Crippen LogP contribution in [0.4, 0.5) is 10.5 Å². The van der Waals surface area contributed by atoms with E-state index in [4.69, 9.17) is 25.6 Å². The second kappa shape index (κ2) is 8.19. The van der Waals surface area contributed by atoms with E-state index in [2.05, 4.69) is 15.5 Å². The lowest BCUT2D eigenvalue weighted by Gasteiger charge is -2.35. The van der Waals surface area contributed by atoms with E-state index < -0.39 is 6.04 Å². The molecule has 2 aliphatic heterocycles. The number of thiophene rings is 1. The molecule has 4 heterocycles. The molecule has 0 spiro atoms. The van der Waals surface area contributed by atoms with E-state index in [1.807, 2.05) is 42.6 Å². The number of nitrogens with zero attached hydrogens (tertiary/aromatic N) is 3. The predicted octanol–water partition coefficient (Wildman–Crippen LogP) is 5.88. The van der Waals surface area contributed by atoms with Crippen molar-refractivity contribution >= 4 is 40.2 Å². The number of fused-ring (bicyclic) bond motifs is 1. The van der Waals surface area contributed by atoms with Crippen molar-refractivity contribution in [3.63, 3.8) is 0 Å². The van der Waals surface area contributed by atoms with Gasteiger partial charge in [0.1, 0.15) is 0 Å². The molecular formula is C24H17ClN4O4S. The molecule has 2 aromatic heterocycles. The molecule has 6 rings (SSSR count). The zero-order valence-corrected chi connectivity index (χ0v) is 19.4. The zero-order valence-electron chi connectivity index (χ0n) is 17.8. The third-order valence-corrected chi connectivity index (χ3v) is 6.82. The molecule has 0 fully saturated rings. The normalized spacial score (nSPS) is 17.3. The highest BCUT2D eigenvalue weighted by molar-refractivity contribution is 7.13. The van der Waals surface area contributed by atoms with Crippen LogP contribution in [0.15, 0.2) is 70.2 Å². The fraction of sp³-hybridized carbons (Fsp3) is 0.125. The topological polar surface area (TPSA) is 89.7 Å². The summed E-state index contributed by atoms with van der Waals surface area (Å²) in [4.78, 5) is 20.5. The Hall–Kier alpha value is -3.82. The maximum Gasteiger partial charge on any atom is 0.327 e. The number of allylic oxidation sites excluding steroid dienone is 1. The van der Waals surface area contributed by atoms with Gasteiger partial charge in [-0.05, 0) is 48.2 Å². The van der Waals surface area contributed by atoms with Gasteiger partial charge in [0.2, 0.25) is 12.6 Å². The Labute approximate surface area is 203 Å². The number of ether oxygens (including phenoxy) is 2. The molecule has 0 radical (unpaired) electrons. The van der Waals surface area contributed by atoms with Gasteiger partial charge in [-0.2, -0.15) is 4.98 Å². The van der Waals surface area contributed by atoms with Crippen LogP contribution in [-0.2, 0) is 0 Å². The molecule has 0 bridgehead atoms. The number of hydrogen-bond acceptors (Lipinski definition) is 7. The number of nitrogens with one attached hydrogen (secondary N) is 1. The summed E-state index contributed by atoms with van der Waals surface area (Å²) in [6, 6.07) is 15.7. The minimum Gasteiger partial charge on any atom is -0.454 e. The van der Waals surface area contributed by atoms with Crippen molar-refractivity contribution in [3.05, 3.63) is 82.2 Å². The summed E-state index contributed by atoms with van der Waals surface area (Å²) < 4.78 is 16.6. The number of amides is 2. The van der Waals surface area contributed by atoms with E-state index in [1.54, 1.807) is 29.2 Å². The number of carbonyl (C=O) groups is 1. The van der Waals surface area contributed by atoms with Gasteiger partial charge in [-0.15, -0.1) is 11.3 Å². The molecule has 4 aromatic rings. The van der Waals surface area contributed by atoms with Crippen molar-refractivity contribution in [1.29, 1.82) is 0 Å². The first-order valence-corrected chi connectivity index (χ1v) is 11.7. The van der Waals surface area contributed by atoms with Crippen LogP contribution < -0.4 is 19.7 Å². The van der Waals surface area contributed by atoms with Gasteiger partial charge in [0, 0.05) is 16.8 Å². The summed E-state index contributed by atoms with van der Waals surface area (Å²) >= 11 is 7.63. The van der Waals surface area contributed by atoms with E-state index in [9.17, 15) is 4.79 Å². The van der Waals surface area contributed by atoms with E-state index >= 15 is 0 Å². The van der Waals surface area contributed by atoms with Crippen LogP contribution in [0, 0.1) is 0 Å². The highest BCUT2D eigenvalue weighted by atomic mass is 35.5. The van der Waals surface area contributed by atoms with Crippen LogP contribution >= 0.6 is 22.9 Å². The number of hydrogen-bond donors (Lipinski definition) is 1. The molecular weight excluding hydrogens is 476 g/mol. The number of benzene rings is 2. The Morgan fingerprint density at radius 2 is 1.94 bits per heavy atom. The summed E-state index contributed by atoms with van der Waals surface area (Å²) in [6.45, 7) is 2.01. The SMILES string of the molecule is CC1=C(c2nc(-c3cccs3)no2)C(c2ccc(Cl)cc2)NC(=O)N1c1ccc2c(c1)OCO2. The summed E-state index contributed by atoms with van der Waals surface area (Å²) in [5, 5.41) is 9.81. The van der Waals surface area contributed by atoms with Crippen molar-refractivity contribution in [1.82, 2.24) is 15.5 Å². The molecule has 0 saturated heterocycles. The molecule has 1 atom stereocenters. The van der Waals surface area contributed by atoms with Crippen LogP contribution in [0.2, 0.25) is 5.02 Å². The Morgan fingerprint density at radius 1 is 1.12 bits per heavy atom. The van der Waals surface area contributed by atoms with Crippen LogP contribution in [0.1, 0.15) is 24.4 Å². The summed E-state index contributed by atoms with van der Waals surface area (Å²) in [6.07, 6.45) is 0. The number of halogens is 1.